The van der Waals surface area contributed by atoms with Gasteiger partial charge in [0.1, 0.15) is 5.75 Å². The third-order valence-electron chi connectivity index (χ3n) is 3.20. The fourth-order valence-corrected chi connectivity index (χ4v) is 2.86. The molecule has 0 amide bonds. The lowest BCUT2D eigenvalue weighted by molar-refractivity contribution is 0.421. The molecule has 0 fully saturated rings. The first kappa shape index (κ1) is 14.1. The van der Waals surface area contributed by atoms with Gasteiger partial charge in [0.25, 0.3) is 0 Å². The monoisotopic (exact) mass is 234 g/mol. The van der Waals surface area contributed by atoms with E-state index in [1.807, 2.05) is 0 Å². The third-order valence-corrected chi connectivity index (χ3v) is 3.20. The van der Waals surface area contributed by atoms with Crippen molar-refractivity contribution < 1.29 is 5.11 Å². The maximum absolute atomic E-state index is 10.6. The van der Waals surface area contributed by atoms with Crippen LogP contribution in [0.4, 0.5) is 0 Å². The van der Waals surface area contributed by atoms with Crippen LogP contribution in [-0.2, 0) is 10.8 Å². The predicted octanol–water partition coefficient (Wildman–Crippen LogP) is 4.60. The van der Waals surface area contributed by atoms with Crippen LogP contribution < -0.4 is 0 Å². The molecule has 0 aliphatic heterocycles. The number of phenols is 1. The first-order valence-electron chi connectivity index (χ1n) is 6.30. The molecule has 0 aliphatic carbocycles. The summed E-state index contributed by atoms with van der Waals surface area (Å²) < 4.78 is 0. The summed E-state index contributed by atoms with van der Waals surface area (Å²) in [6, 6.07) is 2.20. The Hall–Kier alpha value is -0.980. The summed E-state index contributed by atoms with van der Waals surface area (Å²) in [6.45, 7) is 17.1. The van der Waals surface area contributed by atoms with Gasteiger partial charge in [0.05, 0.1) is 0 Å². The Labute approximate surface area is 106 Å². The van der Waals surface area contributed by atoms with Gasteiger partial charge in [-0.1, -0.05) is 47.6 Å². The minimum atomic E-state index is -0.0259. The van der Waals surface area contributed by atoms with E-state index < -0.39 is 0 Å². The first-order valence-corrected chi connectivity index (χ1v) is 6.30. The number of rotatable bonds is 0. The standard InChI is InChI=1S/C16H26O/c1-10-9-11(2)13(16(6,7)8)14(17)12(10)15(3,4)5/h9,17H,1-8H3. The van der Waals surface area contributed by atoms with Crippen molar-refractivity contribution in [3.63, 3.8) is 0 Å². The van der Waals surface area contributed by atoms with Crippen molar-refractivity contribution in [1.29, 1.82) is 0 Å². The molecule has 0 atom stereocenters. The van der Waals surface area contributed by atoms with Crippen molar-refractivity contribution in [2.45, 2.75) is 66.2 Å². The van der Waals surface area contributed by atoms with E-state index in [1.54, 1.807) is 0 Å². The lowest BCUT2D eigenvalue weighted by Gasteiger charge is -2.30. The molecule has 0 radical (unpaired) electrons. The van der Waals surface area contributed by atoms with Crippen molar-refractivity contribution in [3.8, 4) is 5.75 Å². The van der Waals surface area contributed by atoms with Crippen LogP contribution in [0, 0.1) is 13.8 Å². The number of benzene rings is 1. The van der Waals surface area contributed by atoms with Gasteiger partial charge in [-0.05, 0) is 35.8 Å². The molecular formula is C16H26O. The molecule has 1 heteroatoms. The highest BCUT2D eigenvalue weighted by Crippen LogP contribution is 2.42. The van der Waals surface area contributed by atoms with Gasteiger partial charge in [0.2, 0.25) is 0 Å². The molecule has 0 saturated heterocycles. The summed E-state index contributed by atoms with van der Waals surface area (Å²) in [5, 5.41) is 10.6. The van der Waals surface area contributed by atoms with Gasteiger partial charge in [-0.2, -0.15) is 0 Å². The van der Waals surface area contributed by atoms with Crippen LogP contribution in [0.15, 0.2) is 6.07 Å². The van der Waals surface area contributed by atoms with Crippen LogP contribution >= 0.6 is 0 Å². The summed E-state index contributed by atoms with van der Waals surface area (Å²) in [5.74, 6) is 0.488. The highest BCUT2D eigenvalue weighted by atomic mass is 16.3. The second-order valence-electron chi connectivity index (χ2n) is 7.11. The average Bonchev–Trinajstić information content (AvgIpc) is 1.94. The number of hydrogen-bond donors (Lipinski definition) is 1. The van der Waals surface area contributed by atoms with E-state index in [1.165, 1.54) is 11.1 Å². The van der Waals surface area contributed by atoms with Gasteiger partial charge in [-0.25, -0.2) is 0 Å². The summed E-state index contributed by atoms with van der Waals surface area (Å²) >= 11 is 0. The molecule has 17 heavy (non-hydrogen) atoms. The van der Waals surface area contributed by atoms with Gasteiger partial charge in [0.15, 0.2) is 0 Å². The zero-order chi connectivity index (χ0) is 13.6. The smallest absolute Gasteiger partial charge is 0.123 e. The fraction of sp³-hybridized carbons (Fsp3) is 0.625. The molecule has 1 rings (SSSR count). The second-order valence-corrected chi connectivity index (χ2v) is 7.11. The SMILES string of the molecule is Cc1cc(C)c(C(C)(C)C)c(O)c1C(C)(C)C. The Bertz CT molecular complexity index is 390. The zero-order valence-electron chi connectivity index (χ0n) is 12.5. The molecule has 0 spiro atoms. The normalized spacial score (nSPS) is 12.9. The number of hydrogen-bond acceptors (Lipinski definition) is 1. The predicted molar refractivity (Wildman–Crippen MR) is 75.0 cm³/mol. The van der Waals surface area contributed by atoms with E-state index >= 15 is 0 Å². The summed E-state index contributed by atoms with van der Waals surface area (Å²) in [7, 11) is 0. The Balaban J connectivity index is 3.67. The Morgan fingerprint density at radius 3 is 1.29 bits per heavy atom. The fourth-order valence-electron chi connectivity index (χ4n) is 2.86. The molecule has 0 unspecified atom stereocenters. The van der Waals surface area contributed by atoms with Gasteiger partial charge < -0.3 is 5.11 Å². The first-order chi connectivity index (χ1) is 7.46. The highest BCUT2D eigenvalue weighted by Gasteiger charge is 2.28. The average molecular weight is 234 g/mol. The molecule has 0 bridgehead atoms. The van der Waals surface area contributed by atoms with Crippen molar-refractivity contribution in [1.82, 2.24) is 0 Å². The van der Waals surface area contributed by atoms with Crippen LogP contribution in [0.25, 0.3) is 0 Å². The highest BCUT2D eigenvalue weighted by molar-refractivity contribution is 5.54. The van der Waals surface area contributed by atoms with Crippen LogP contribution in [0.2, 0.25) is 0 Å². The van der Waals surface area contributed by atoms with Crippen molar-refractivity contribution >= 4 is 0 Å². The molecule has 1 aromatic carbocycles. The van der Waals surface area contributed by atoms with E-state index in [9.17, 15) is 5.11 Å². The molecule has 1 N–H and O–H groups in total. The number of aromatic hydroxyl groups is 1. The van der Waals surface area contributed by atoms with Gasteiger partial charge >= 0.3 is 0 Å². The summed E-state index contributed by atoms with van der Waals surface area (Å²) in [5.41, 5.74) is 4.46. The van der Waals surface area contributed by atoms with Crippen LogP contribution in [-0.4, -0.2) is 5.11 Å². The minimum absolute atomic E-state index is 0.0259. The largest absolute Gasteiger partial charge is 0.507 e. The van der Waals surface area contributed by atoms with E-state index in [0.717, 1.165) is 11.1 Å². The Morgan fingerprint density at radius 2 is 1.06 bits per heavy atom. The van der Waals surface area contributed by atoms with Crippen LogP contribution in [0.1, 0.15) is 63.8 Å². The number of phenolic OH excluding ortho intramolecular Hbond substituents is 1. The molecule has 0 saturated carbocycles. The van der Waals surface area contributed by atoms with Crippen LogP contribution in [0.5, 0.6) is 5.75 Å². The summed E-state index contributed by atoms with van der Waals surface area (Å²) in [4.78, 5) is 0. The van der Waals surface area contributed by atoms with E-state index in [0.29, 0.717) is 5.75 Å². The molecule has 96 valence electrons. The Morgan fingerprint density at radius 1 is 0.765 bits per heavy atom. The third kappa shape index (κ3) is 2.65. The number of aryl methyl sites for hydroxylation is 2. The van der Waals surface area contributed by atoms with E-state index in [2.05, 4.69) is 61.5 Å². The molecule has 0 aromatic heterocycles. The lowest BCUT2D eigenvalue weighted by atomic mass is 9.76. The van der Waals surface area contributed by atoms with Crippen molar-refractivity contribution in [3.05, 3.63) is 28.3 Å². The maximum Gasteiger partial charge on any atom is 0.123 e. The second kappa shape index (κ2) is 4.04. The van der Waals surface area contributed by atoms with E-state index in [4.69, 9.17) is 0 Å². The molecular weight excluding hydrogens is 208 g/mol. The van der Waals surface area contributed by atoms with Gasteiger partial charge in [-0.3, -0.25) is 0 Å². The summed E-state index contributed by atoms with van der Waals surface area (Å²) in [6.07, 6.45) is 0. The minimum Gasteiger partial charge on any atom is -0.507 e. The maximum atomic E-state index is 10.6. The van der Waals surface area contributed by atoms with E-state index in [-0.39, 0.29) is 10.8 Å². The molecule has 1 aromatic rings. The van der Waals surface area contributed by atoms with Crippen molar-refractivity contribution in [2.75, 3.05) is 0 Å². The zero-order valence-corrected chi connectivity index (χ0v) is 12.5. The molecule has 0 aliphatic rings. The van der Waals surface area contributed by atoms with Gasteiger partial charge in [-0.15, -0.1) is 0 Å². The molecule has 0 heterocycles. The van der Waals surface area contributed by atoms with Crippen molar-refractivity contribution in [2.24, 2.45) is 0 Å². The Kier molecular flexibility index (Phi) is 3.35. The lowest BCUT2D eigenvalue weighted by Crippen LogP contribution is -2.19. The van der Waals surface area contributed by atoms with Crippen LogP contribution in [0.3, 0.4) is 0 Å². The topological polar surface area (TPSA) is 20.2 Å². The van der Waals surface area contributed by atoms with Gasteiger partial charge in [0, 0.05) is 11.1 Å². The molecule has 1 nitrogen and oxygen atoms in total. The quantitative estimate of drug-likeness (QED) is 0.695.